The second-order valence-electron chi connectivity index (χ2n) is 5.52. The van der Waals surface area contributed by atoms with Gasteiger partial charge in [0, 0.05) is 6.04 Å². The average Bonchev–Trinajstić information content (AvgIpc) is 3.03. The molecule has 96 valence electrons. The van der Waals surface area contributed by atoms with Crippen LogP contribution in [0, 0.1) is 11.8 Å². The van der Waals surface area contributed by atoms with Crippen LogP contribution < -0.4 is 5.32 Å². The summed E-state index contributed by atoms with van der Waals surface area (Å²) in [6.45, 7) is 8.22. The zero-order chi connectivity index (χ0) is 11.8. The quantitative estimate of drug-likeness (QED) is 0.583. The van der Waals surface area contributed by atoms with Crippen LogP contribution in [0.2, 0.25) is 0 Å². The van der Waals surface area contributed by atoms with Crippen LogP contribution in [0.4, 0.5) is 0 Å². The van der Waals surface area contributed by atoms with E-state index in [2.05, 4.69) is 37.8 Å². The number of hydrogen-bond donors (Lipinski definition) is 1. The molecule has 1 nitrogen and oxygen atoms in total. The van der Waals surface area contributed by atoms with Crippen molar-refractivity contribution in [2.75, 3.05) is 18.1 Å². The van der Waals surface area contributed by atoms with Crippen molar-refractivity contribution >= 4 is 11.8 Å². The molecule has 1 fully saturated rings. The van der Waals surface area contributed by atoms with Crippen molar-refractivity contribution in [1.82, 2.24) is 5.32 Å². The second-order valence-corrected chi connectivity index (χ2v) is 6.91. The first-order valence-electron chi connectivity index (χ1n) is 7.03. The Morgan fingerprint density at radius 3 is 2.62 bits per heavy atom. The maximum absolute atomic E-state index is 3.70. The molecule has 1 aliphatic carbocycles. The number of thioether (sulfide) groups is 1. The minimum absolute atomic E-state index is 0.852. The topological polar surface area (TPSA) is 12.0 Å². The molecule has 0 bridgehead atoms. The first kappa shape index (κ1) is 14.4. The first-order valence-corrected chi connectivity index (χ1v) is 8.19. The van der Waals surface area contributed by atoms with Crippen LogP contribution in [0.25, 0.3) is 0 Å². The molecular formula is C14H29NS. The molecule has 2 heteroatoms. The molecule has 0 spiro atoms. The van der Waals surface area contributed by atoms with Gasteiger partial charge in [-0.1, -0.05) is 20.8 Å². The van der Waals surface area contributed by atoms with Gasteiger partial charge in [-0.15, -0.1) is 0 Å². The van der Waals surface area contributed by atoms with Crippen molar-refractivity contribution < 1.29 is 0 Å². The predicted octanol–water partition coefficient (Wildman–Crippen LogP) is 3.93. The molecular weight excluding hydrogens is 214 g/mol. The fourth-order valence-corrected chi connectivity index (χ4v) is 2.87. The number of rotatable bonds is 10. The summed E-state index contributed by atoms with van der Waals surface area (Å²) in [6, 6.07) is 0.875. The Morgan fingerprint density at radius 1 is 1.31 bits per heavy atom. The standard InChI is InChI=1S/C14H29NS/c1-4-16-9-5-6-13(10-12(2)3)11-15-14-7-8-14/h12-15H,4-11H2,1-3H3. The van der Waals surface area contributed by atoms with Crippen LogP contribution in [0.3, 0.4) is 0 Å². The normalized spacial score (nSPS) is 18.0. The summed E-state index contributed by atoms with van der Waals surface area (Å²) in [6.07, 6.45) is 7.06. The minimum atomic E-state index is 0.852. The summed E-state index contributed by atoms with van der Waals surface area (Å²) >= 11 is 2.09. The van der Waals surface area contributed by atoms with Crippen LogP contribution in [0.5, 0.6) is 0 Å². The third kappa shape index (κ3) is 7.56. The van der Waals surface area contributed by atoms with Crippen LogP contribution in [-0.4, -0.2) is 24.1 Å². The van der Waals surface area contributed by atoms with Gasteiger partial charge in [0.15, 0.2) is 0 Å². The molecule has 0 aliphatic heterocycles. The van der Waals surface area contributed by atoms with E-state index in [-0.39, 0.29) is 0 Å². The molecule has 1 saturated carbocycles. The van der Waals surface area contributed by atoms with E-state index in [1.165, 1.54) is 50.2 Å². The molecule has 1 rings (SSSR count). The molecule has 16 heavy (non-hydrogen) atoms. The fraction of sp³-hybridized carbons (Fsp3) is 1.00. The lowest BCUT2D eigenvalue weighted by Crippen LogP contribution is -2.25. The van der Waals surface area contributed by atoms with Gasteiger partial charge >= 0.3 is 0 Å². The maximum Gasteiger partial charge on any atom is 0.00683 e. The summed E-state index contributed by atoms with van der Waals surface area (Å²) < 4.78 is 0. The van der Waals surface area contributed by atoms with Crippen LogP contribution >= 0.6 is 11.8 Å². The zero-order valence-corrected chi connectivity index (χ0v) is 12.1. The van der Waals surface area contributed by atoms with Crippen LogP contribution in [-0.2, 0) is 0 Å². The molecule has 0 saturated heterocycles. The summed E-state index contributed by atoms with van der Waals surface area (Å²) in [5.74, 6) is 4.40. The van der Waals surface area contributed by atoms with E-state index >= 15 is 0 Å². The van der Waals surface area contributed by atoms with Gasteiger partial charge in [0.2, 0.25) is 0 Å². The van der Waals surface area contributed by atoms with Crippen molar-refractivity contribution in [3.8, 4) is 0 Å². The molecule has 1 N–H and O–H groups in total. The van der Waals surface area contributed by atoms with E-state index in [1.807, 2.05) is 0 Å². The Kier molecular flexibility index (Phi) is 7.55. The Balaban J connectivity index is 2.08. The highest BCUT2D eigenvalue weighted by Crippen LogP contribution is 2.22. The number of hydrogen-bond acceptors (Lipinski definition) is 2. The van der Waals surface area contributed by atoms with Gasteiger partial charge in [-0.2, -0.15) is 11.8 Å². The molecule has 0 aromatic carbocycles. The highest BCUT2D eigenvalue weighted by molar-refractivity contribution is 7.99. The smallest absolute Gasteiger partial charge is 0.00683 e. The summed E-state index contributed by atoms with van der Waals surface area (Å²) in [7, 11) is 0. The van der Waals surface area contributed by atoms with Gasteiger partial charge in [-0.3, -0.25) is 0 Å². The second kappa shape index (κ2) is 8.41. The predicted molar refractivity (Wildman–Crippen MR) is 76.2 cm³/mol. The lowest BCUT2D eigenvalue weighted by Gasteiger charge is -2.19. The summed E-state index contributed by atoms with van der Waals surface area (Å²) in [5.41, 5.74) is 0. The Labute approximate surface area is 106 Å². The van der Waals surface area contributed by atoms with E-state index in [4.69, 9.17) is 0 Å². The van der Waals surface area contributed by atoms with E-state index in [0.717, 1.165) is 17.9 Å². The van der Waals surface area contributed by atoms with Crippen molar-refractivity contribution in [2.45, 2.75) is 58.9 Å². The van der Waals surface area contributed by atoms with Gasteiger partial charge < -0.3 is 5.32 Å². The minimum Gasteiger partial charge on any atom is -0.314 e. The molecule has 1 unspecified atom stereocenters. The van der Waals surface area contributed by atoms with Gasteiger partial charge in [-0.25, -0.2) is 0 Å². The van der Waals surface area contributed by atoms with Crippen LogP contribution in [0.1, 0.15) is 52.9 Å². The molecule has 0 radical (unpaired) electrons. The van der Waals surface area contributed by atoms with Crippen LogP contribution in [0.15, 0.2) is 0 Å². The maximum atomic E-state index is 3.70. The Hall–Kier alpha value is 0.310. The third-order valence-electron chi connectivity index (χ3n) is 3.18. The highest BCUT2D eigenvalue weighted by atomic mass is 32.2. The SMILES string of the molecule is CCSCCCC(CNC1CC1)CC(C)C. The Bertz CT molecular complexity index is 166. The summed E-state index contributed by atoms with van der Waals surface area (Å²) in [4.78, 5) is 0. The van der Waals surface area contributed by atoms with Gasteiger partial charge in [0.1, 0.15) is 0 Å². The lowest BCUT2D eigenvalue weighted by atomic mass is 9.93. The highest BCUT2D eigenvalue weighted by Gasteiger charge is 2.21. The van der Waals surface area contributed by atoms with Gasteiger partial charge in [-0.05, 0) is 62.0 Å². The van der Waals surface area contributed by atoms with E-state index < -0.39 is 0 Å². The van der Waals surface area contributed by atoms with Gasteiger partial charge in [0.05, 0.1) is 0 Å². The monoisotopic (exact) mass is 243 g/mol. The van der Waals surface area contributed by atoms with Gasteiger partial charge in [0.25, 0.3) is 0 Å². The van der Waals surface area contributed by atoms with E-state index in [9.17, 15) is 0 Å². The van der Waals surface area contributed by atoms with E-state index in [1.54, 1.807) is 0 Å². The fourth-order valence-electron chi connectivity index (χ4n) is 2.21. The third-order valence-corrected chi connectivity index (χ3v) is 4.17. The molecule has 0 aromatic rings. The molecule has 0 heterocycles. The molecule has 0 aromatic heterocycles. The average molecular weight is 243 g/mol. The largest absolute Gasteiger partial charge is 0.314 e. The number of nitrogens with one attached hydrogen (secondary N) is 1. The molecule has 1 aliphatic rings. The Morgan fingerprint density at radius 2 is 2.06 bits per heavy atom. The van der Waals surface area contributed by atoms with Crippen molar-refractivity contribution in [3.05, 3.63) is 0 Å². The summed E-state index contributed by atoms with van der Waals surface area (Å²) in [5, 5.41) is 3.70. The lowest BCUT2D eigenvalue weighted by molar-refractivity contribution is 0.363. The zero-order valence-electron chi connectivity index (χ0n) is 11.3. The van der Waals surface area contributed by atoms with E-state index in [0.29, 0.717) is 0 Å². The van der Waals surface area contributed by atoms with Crippen molar-refractivity contribution in [2.24, 2.45) is 11.8 Å². The van der Waals surface area contributed by atoms with Crippen molar-refractivity contribution in [1.29, 1.82) is 0 Å². The molecule has 1 atom stereocenters. The first-order chi connectivity index (χ1) is 7.72. The van der Waals surface area contributed by atoms with Crippen molar-refractivity contribution in [3.63, 3.8) is 0 Å². The molecule has 0 amide bonds.